The molecule has 2 heteroatoms. The molecule has 4 rings (SSSR count). The Balaban J connectivity index is 1.64. The van der Waals surface area contributed by atoms with Crippen LogP contribution in [0.1, 0.15) is 30.0 Å². The van der Waals surface area contributed by atoms with Gasteiger partial charge in [0, 0.05) is 22.1 Å². The molecule has 0 aliphatic carbocycles. The highest BCUT2D eigenvalue weighted by atomic mass is 19.1. The fraction of sp³-hybridized carbons (Fsp3) is 0.111. The summed E-state index contributed by atoms with van der Waals surface area (Å²) in [6.45, 7) is 2.17. The van der Waals surface area contributed by atoms with Gasteiger partial charge in [0.05, 0.1) is 0 Å². The van der Waals surface area contributed by atoms with Crippen molar-refractivity contribution in [2.24, 2.45) is 0 Å². The van der Waals surface area contributed by atoms with Crippen molar-refractivity contribution in [1.29, 1.82) is 0 Å². The minimum atomic E-state index is -0.335. The number of rotatable bonds is 3. The third kappa shape index (κ3) is 4.20. The molecule has 142 valence electrons. The number of hydrogen-bond donors (Lipinski definition) is 0. The first-order valence-corrected chi connectivity index (χ1v) is 9.73. The lowest BCUT2D eigenvalue weighted by Crippen LogP contribution is -1.88. The predicted octanol–water partition coefficient (Wildman–Crippen LogP) is 7.14. The SMILES string of the molecule is CCCc1ccc(C#Cc2ccc3c(F)c(-c4ccc(F)cc4)ccc3c2)cc1. The standard InChI is InChI=1S/C27H20F2/c1-2-3-19-4-6-20(7-5-19)8-9-21-10-16-26-23(18-21)13-17-25(27(26)29)22-11-14-24(28)15-12-22/h4-7,10-18H,2-3H2,1H3. The second kappa shape index (κ2) is 8.29. The Morgan fingerprint density at radius 2 is 1.41 bits per heavy atom. The van der Waals surface area contributed by atoms with Gasteiger partial charge < -0.3 is 0 Å². The summed E-state index contributed by atoms with van der Waals surface area (Å²) in [6.07, 6.45) is 2.20. The molecule has 4 aromatic rings. The molecule has 0 spiro atoms. The van der Waals surface area contributed by atoms with Crippen LogP contribution >= 0.6 is 0 Å². The van der Waals surface area contributed by atoms with Gasteiger partial charge in [-0.25, -0.2) is 8.78 Å². The van der Waals surface area contributed by atoms with Crippen molar-refractivity contribution in [1.82, 2.24) is 0 Å². The van der Waals surface area contributed by atoms with Crippen LogP contribution in [0.15, 0.2) is 78.9 Å². The maximum absolute atomic E-state index is 15.0. The minimum absolute atomic E-state index is 0.305. The summed E-state index contributed by atoms with van der Waals surface area (Å²) in [4.78, 5) is 0. The zero-order valence-corrected chi connectivity index (χ0v) is 16.2. The molecule has 0 bridgehead atoms. The van der Waals surface area contributed by atoms with E-state index in [9.17, 15) is 4.39 Å². The first kappa shape index (κ1) is 18.9. The highest BCUT2D eigenvalue weighted by Gasteiger charge is 2.09. The molecule has 0 nitrogen and oxygen atoms in total. The van der Waals surface area contributed by atoms with Gasteiger partial charge in [-0.3, -0.25) is 0 Å². The van der Waals surface area contributed by atoms with Gasteiger partial charge in [-0.2, -0.15) is 0 Å². The van der Waals surface area contributed by atoms with Crippen LogP contribution < -0.4 is 0 Å². The van der Waals surface area contributed by atoms with E-state index in [1.54, 1.807) is 24.3 Å². The van der Waals surface area contributed by atoms with E-state index in [-0.39, 0.29) is 11.6 Å². The highest BCUT2D eigenvalue weighted by molar-refractivity contribution is 5.89. The first-order chi connectivity index (χ1) is 14.1. The third-order valence-electron chi connectivity index (χ3n) is 4.95. The van der Waals surface area contributed by atoms with Gasteiger partial charge in [-0.15, -0.1) is 0 Å². The summed E-state index contributed by atoms with van der Waals surface area (Å²) < 4.78 is 28.2. The van der Waals surface area contributed by atoms with Crippen molar-refractivity contribution in [2.45, 2.75) is 19.8 Å². The highest BCUT2D eigenvalue weighted by Crippen LogP contribution is 2.29. The lowest BCUT2D eigenvalue weighted by Gasteiger charge is -2.07. The number of benzene rings is 4. The van der Waals surface area contributed by atoms with Crippen molar-refractivity contribution in [2.75, 3.05) is 0 Å². The average molecular weight is 382 g/mol. The van der Waals surface area contributed by atoms with E-state index in [1.807, 2.05) is 30.3 Å². The van der Waals surface area contributed by atoms with E-state index in [4.69, 9.17) is 0 Å². The average Bonchev–Trinajstić information content (AvgIpc) is 2.74. The van der Waals surface area contributed by atoms with Crippen molar-refractivity contribution in [3.63, 3.8) is 0 Å². The molecule has 0 heterocycles. The van der Waals surface area contributed by atoms with Crippen LogP contribution in [0, 0.1) is 23.5 Å². The Kier molecular flexibility index (Phi) is 5.40. The lowest BCUT2D eigenvalue weighted by molar-refractivity contribution is 0.627. The molecule has 4 aromatic carbocycles. The monoisotopic (exact) mass is 382 g/mol. The molecule has 0 saturated heterocycles. The fourth-order valence-electron chi connectivity index (χ4n) is 3.41. The van der Waals surface area contributed by atoms with Gasteiger partial charge in [0.1, 0.15) is 11.6 Å². The van der Waals surface area contributed by atoms with E-state index in [2.05, 4.69) is 30.9 Å². The number of fused-ring (bicyclic) bond motifs is 1. The van der Waals surface area contributed by atoms with Gasteiger partial charge in [-0.05, 0) is 59.3 Å². The van der Waals surface area contributed by atoms with E-state index in [1.165, 1.54) is 17.7 Å². The van der Waals surface area contributed by atoms with Crippen LogP contribution in [0.25, 0.3) is 21.9 Å². The van der Waals surface area contributed by atoms with Gasteiger partial charge in [0.25, 0.3) is 0 Å². The number of halogens is 2. The largest absolute Gasteiger partial charge is 0.207 e. The summed E-state index contributed by atoms with van der Waals surface area (Å²) in [6, 6.07) is 23.2. The Morgan fingerprint density at radius 3 is 2.14 bits per heavy atom. The topological polar surface area (TPSA) is 0 Å². The van der Waals surface area contributed by atoms with Gasteiger partial charge in [-0.1, -0.05) is 67.6 Å². The molecule has 0 N–H and O–H groups in total. The van der Waals surface area contributed by atoms with Gasteiger partial charge in [0.2, 0.25) is 0 Å². The van der Waals surface area contributed by atoms with Gasteiger partial charge >= 0.3 is 0 Å². The van der Waals surface area contributed by atoms with Crippen LogP contribution in [0.5, 0.6) is 0 Å². The number of hydrogen-bond acceptors (Lipinski definition) is 0. The third-order valence-corrected chi connectivity index (χ3v) is 4.95. The lowest BCUT2D eigenvalue weighted by atomic mass is 9.99. The van der Waals surface area contributed by atoms with Crippen LogP contribution in [0.4, 0.5) is 8.78 Å². The zero-order valence-electron chi connectivity index (χ0n) is 16.2. The normalized spacial score (nSPS) is 10.6. The zero-order chi connectivity index (χ0) is 20.2. The summed E-state index contributed by atoms with van der Waals surface area (Å²) in [7, 11) is 0. The quantitative estimate of drug-likeness (QED) is 0.330. The van der Waals surface area contributed by atoms with Crippen LogP contribution in [0.2, 0.25) is 0 Å². The molecule has 0 aliphatic rings. The van der Waals surface area contributed by atoms with Crippen LogP contribution in [0.3, 0.4) is 0 Å². The second-order valence-corrected chi connectivity index (χ2v) is 7.07. The summed E-state index contributed by atoms with van der Waals surface area (Å²) in [5.74, 6) is 5.69. The maximum atomic E-state index is 15.0. The predicted molar refractivity (Wildman–Crippen MR) is 116 cm³/mol. The minimum Gasteiger partial charge on any atom is -0.207 e. The second-order valence-electron chi connectivity index (χ2n) is 7.07. The van der Waals surface area contributed by atoms with Gasteiger partial charge in [0.15, 0.2) is 0 Å². The molecule has 0 radical (unpaired) electrons. The first-order valence-electron chi connectivity index (χ1n) is 9.73. The summed E-state index contributed by atoms with van der Waals surface area (Å²) >= 11 is 0. The molecule has 29 heavy (non-hydrogen) atoms. The van der Waals surface area contributed by atoms with Crippen molar-refractivity contribution < 1.29 is 8.78 Å². The van der Waals surface area contributed by atoms with E-state index < -0.39 is 0 Å². The molecule has 0 aliphatic heterocycles. The fourth-order valence-corrected chi connectivity index (χ4v) is 3.41. The Labute approximate surface area is 169 Å². The smallest absolute Gasteiger partial charge is 0.138 e. The van der Waals surface area contributed by atoms with Crippen molar-refractivity contribution in [3.05, 3.63) is 107 Å². The van der Waals surface area contributed by atoms with Crippen LogP contribution in [-0.2, 0) is 6.42 Å². The molecular formula is C27H20F2. The van der Waals surface area contributed by atoms with E-state index in [0.29, 0.717) is 16.5 Å². The number of aryl methyl sites for hydroxylation is 1. The Bertz CT molecular complexity index is 1210. The molecular weight excluding hydrogens is 362 g/mol. The molecule has 0 unspecified atom stereocenters. The Morgan fingerprint density at radius 1 is 0.724 bits per heavy atom. The van der Waals surface area contributed by atoms with Crippen LogP contribution in [-0.4, -0.2) is 0 Å². The molecule has 0 aromatic heterocycles. The molecule has 0 fully saturated rings. The summed E-state index contributed by atoms with van der Waals surface area (Å²) in [5.41, 5.74) is 4.23. The summed E-state index contributed by atoms with van der Waals surface area (Å²) in [5, 5.41) is 1.32. The molecule has 0 amide bonds. The van der Waals surface area contributed by atoms with Crippen molar-refractivity contribution in [3.8, 4) is 23.0 Å². The Hall–Kier alpha value is -3.44. The van der Waals surface area contributed by atoms with Crippen molar-refractivity contribution >= 4 is 10.8 Å². The maximum Gasteiger partial charge on any atom is 0.138 e. The molecule has 0 saturated carbocycles. The van der Waals surface area contributed by atoms with E-state index in [0.717, 1.165) is 29.4 Å². The molecule has 0 atom stereocenters. The van der Waals surface area contributed by atoms with E-state index >= 15 is 4.39 Å².